The molecule has 4 rings (SSSR count). The van der Waals surface area contributed by atoms with Crippen molar-refractivity contribution in [2.24, 2.45) is 11.8 Å². The molecule has 0 radical (unpaired) electrons. The molecule has 186 valence electrons. The highest BCUT2D eigenvalue weighted by Gasteiger charge is 2.46. The van der Waals surface area contributed by atoms with E-state index in [4.69, 9.17) is 4.74 Å². The Kier molecular flexibility index (Phi) is 5.99. The van der Waals surface area contributed by atoms with Gasteiger partial charge in [0, 0.05) is 53.9 Å². The third-order valence-electron chi connectivity index (χ3n) is 9.05. The molecule has 2 aromatic rings. The Morgan fingerprint density at radius 3 is 2.00 bits per heavy atom. The SMILES string of the molecule is CC1C(OCC(F)(F)F)c2cc(C3c4ccccc4N(C)C(C)(C)C3C)ccc2N(C)C1(C)C. The van der Waals surface area contributed by atoms with Crippen LogP contribution in [0.1, 0.15) is 70.3 Å². The number of hydrogen-bond donors (Lipinski definition) is 0. The second kappa shape index (κ2) is 8.18. The second-order valence-electron chi connectivity index (χ2n) is 11.2. The number of rotatable bonds is 3. The van der Waals surface area contributed by atoms with E-state index in [0.717, 1.165) is 16.8 Å². The zero-order chi connectivity index (χ0) is 25.2. The molecule has 2 heterocycles. The number of anilines is 2. The summed E-state index contributed by atoms with van der Waals surface area (Å²) in [6.45, 7) is 11.7. The highest BCUT2D eigenvalue weighted by molar-refractivity contribution is 5.65. The molecule has 2 aliphatic heterocycles. The largest absolute Gasteiger partial charge is 0.411 e. The number of alkyl halides is 3. The van der Waals surface area contributed by atoms with E-state index in [1.54, 1.807) is 0 Å². The fourth-order valence-corrected chi connectivity index (χ4v) is 5.79. The quantitative estimate of drug-likeness (QED) is 0.469. The van der Waals surface area contributed by atoms with Gasteiger partial charge in [0.25, 0.3) is 0 Å². The summed E-state index contributed by atoms with van der Waals surface area (Å²) in [4.78, 5) is 4.52. The Hall–Kier alpha value is -2.21. The fraction of sp³-hybridized carbons (Fsp3) is 0.571. The standard InChI is InChI=1S/C28H37F3N2O/c1-17-24(20-11-9-10-12-22(20)32(7)26(17,3)4)19-13-14-23-21(15-19)25(34-16-28(29,30)31)18(2)27(5,6)33(23)8/h9-15,17-18,24-25H,16H2,1-8H3. The molecule has 6 heteroatoms. The molecule has 0 amide bonds. The molecule has 0 aromatic heterocycles. The molecule has 0 fully saturated rings. The Balaban J connectivity index is 1.85. The van der Waals surface area contributed by atoms with Crippen LogP contribution in [0.3, 0.4) is 0 Å². The summed E-state index contributed by atoms with van der Waals surface area (Å²) in [6.07, 6.45) is -5.00. The van der Waals surface area contributed by atoms with E-state index < -0.39 is 18.9 Å². The molecule has 0 bridgehead atoms. The predicted molar refractivity (Wildman–Crippen MR) is 133 cm³/mol. The number of fused-ring (bicyclic) bond motifs is 2. The van der Waals surface area contributed by atoms with Gasteiger partial charge in [0.1, 0.15) is 6.61 Å². The second-order valence-corrected chi connectivity index (χ2v) is 11.2. The Morgan fingerprint density at radius 2 is 1.38 bits per heavy atom. The fourth-order valence-electron chi connectivity index (χ4n) is 5.79. The minimum absolute atomic E-state index is 0.0901. The first-order valence-electron chi connectivity index (χ1n) is 12.1. The van der Waals surface area contributed by atoms with Crippen molar-refractivity contribution in [1.29, 1.82) is 0 Å². The van der Waals surface area contributed by atoms with Crippen molar-refractivity contribution in [3.63, 3.8) is 0 Å². The van der Waals surface area contributed by atoms with Gasteiger partial charge in [0.05, 0.1) is 6.10 Å². The number of nitrogens with zero attached hydrogens (tertiary/aromatic N) is 2. The van der Waals surface area contributed by atoms with Crippen molar-refractivity contribution in [3.05, 3.63) is 59.2 Å². The first-order chi connectivity index (χ1) is 15.7. The molecule has 3 nitrogen and oxygen atoms in total. The van der Waals surface area contributed by atoms with Crippen LogP contribution in [-0.4, -0.2) is 38.0 Å². The summed E-state index contributed by atoms with van der Waals surface area (Å²) < 4.78 is 45.1. The van der Waals surface area contributed by atoms with Crippen molar-refractivity contribution in [1.82, 2.24) is 0 Å². The lowest BCUT2D eigenvalue weighted by Gasteiger charge is -2.52. The van der Waals surface area contributed by atoms with Crippen LogP contribution in [0.4, 0.5) is 24.5 Å². The van der Waals surface area contributed by atoms with E-state index >= 15 is 0 Å². The summed E-state index contributed by atoms with van der Waals surface area (Å²) in [5, 5.41) is 0. The third kappa shape index (κ3) is 3.88. The van der Waals surface area contributed by atoms with Gasteiger partial charge in [-0.05, 0) is 56.9 Å². The number of benzene rings is 2. The smallest absolute Gasteiger partial charge is 0.369 e. The van der Waals surface area contributed by atoms with Gasteiger partial charge in [-0.1, -0.05) is 44.2 Å². The minimum Gasteiger partial charge on any atom is -0.369 e. The number of para-hydroxylation sites is 1. The topological polar surface area (TPSA) is 15.7 Å². The van der Waals surface area contributed by atoms with Gasteiger partial charge in [-0.25, -0.2) is 0 Å². The Bertz CT molecular complexity index is 1060. The summed E-state index contributed by atoms with van der Waals surface area (Å²) >= 11 is 0. The van der Waals surface area contributed by atoms with E-state index in [1.165, 1.54) is 11.3 Å². The molecular weight excluding hydrogens is 437 g/mol. The molecule has 4 unspecified atom stereocenters. The van der Waals surface area contributed by atoms with E-state index in [9.17, 15) is 13.2 Å². The zero-order valence-electron chi connectivity index (χ0n) is 21.5. The highest BCUT2D eigenvalue weighted by Crippen LogP contribution is 2.52. The number of hydrogen-bond acceptors (Lipinski definition) is 3. The molecule has 0 aliphatic carbocycles. The van der Waals surface area contributed by atoms with Gasteiger partial charge in [-0.15, -0.1) is 0 Å². The third-order valence-corrected chi connectivity index (χ3v) is 9.05. The zero-order valence-corrected chi connectivity index (χ0v) is 21.5. The molecule has 34 heavy (non-hydrogen) atoms. The molecule has 0 spiro atoms. The Labute approximate surface area is 201 Å². The molecule has 0 saturated carbocycles. The van der Waals surface area contributed by atoms with Crippen molar-refractivity contribution >= 4 is 11.4 Å². The van der Waals surface area contributed by atoms with Gasteiger partial charge >= 0.3 is 6.18 Å². The van der Waals surface area contributed by atoms with Gasteiger partial charge in [0.15, 0.2) is 0 Å². The van der Waals surface area contributed by atoms with E-state index in [1.807, 2.05) is 14.0 Å². The van der Waals surface area contributed by atoms with Crippen LogP contribution in [0.5, 0.6) is 0 Å². The van der Waals surface area contributed by atoms with Crippen molar-refractivity contribution in [3.8, 4) is 0 Å². The summed E-state index contributed by atoms with van der Waals surface area (Å²) in [6, 6.07) is 14.8. The Morgan fingerprint density at radius 1 is 0.824 bits per heavy atom. The molecule has 2 aliphatic rings. The lowest BCUT2D eigenvalue weighted by Crippen LogP contribution is -2.53. The van der Waals surface area contributed by atoms with Crippen molar-refractivity contribution in [2.45, 2.75) is 70.8 Å². The van der Waals surface area contributed by atoms with Crippen LogP contribution in [0.2, 0.25) is 0 Å². The van der Waals surface area contributed by atoms with E-state index in [-0.39, 0.29) is 28.8 Å². The van der Waals surface area contributed by atoms with Crippen LogP contribution < -0.4 is 9.80 Å². The number of ether oxygens (including phenoxy) is 1. The highest BCUT2D eigenvalue weighted by atomic mass is 19.4. The summed E-state index contributed by atoms with van der Waals surface area (Å²) in [5.74, 6) is 0.294. The van der Waals surface area contributed by atoms with Gasteiger partial charge in [-0.2, -0.15) is 13.2 Å². The van der Waals surface area contributed by atoms with Gasteiger partial charge < -0.3 is 14.5 Å². The summed E-state index contributed by atoms with van der Waals surface area (Å²) in [5.41, 5.74) is 4.92. The maximum absolute atomic E-state index is 13.2. The normalized spacial score (nSPS) is 27.9. The lowest BCUT2D eigenvalue weighted by molar-refractivity contribution is -0.194. The molecule has 0 N–H and O–H groups in total. The minimum atomic E-state index is -4.36. The monoisotopic (exact) mass is 474 g/mol. The van der Waals surface area contributed by atoms with Crippen molar-refractivity contribution in [2.75, 3.05) is 30.5 Å². The lowest BCUT2D eigenvalue weighted by atomic mass is 9.67. The maximum atomic E-state index is 13.2. The van der Waals surface area contributed by atoms with Gasteiger partial charge in [-0.3, -0.25) is 0 Å². The molecule has 2 aromatic carbocycles. The van der Waals surface area contributed by atoms with Crippen LogP contribution in [0, 0.1) is 11.8 Å². The van der Waals surface area contributed by atoms with Crippen LogP contribution in [0.25, 0.3) is 0 Å². The number of halogens is 3. The molecule has 4 atom stereocenters. The first kappa shape index (κ1) is 24.9. The predicted octanol–water partition coefficient (Wildman–Crippen LogP) is 7.17. The first-order valence-corrected chi connectivity index (χ1v) is 12.1. The average molecular weight is 475 g/mol. The van der Waals surface area contributed by atoms with Crippen LogP contribution in [-0.2, 0) is 4.74 Å². The average Bonchev–Trinajstić information content (AvgIpc) is 2.76. The maximum Gasteiger partial charge on any atom is 0.411 e. The van der Waals surface area contributed by atoms with E-state index in [0.29, 0.717) is 0 Å². The molecule has 0 saturated heterocycles. The summed E-state index contributed by atoms with van der Waals surface area (Å²) in [7, 11) is 4.16. The van der Waals surface area contributed by atoms with E-state index in [2.05, 4.69) is 93.9 Å². The van der Waals surface area contributed by atoms with Gasteiger partial charge in [0.2, 0.25) is 0 Å². The molecular formula is C28H37F3N2O. The van der Waals surface area contributed by atoms with Crippen LogP contribution in [0.15, 0.2) is 42.5 Å². The van der Waals surface area contributed by atoms with Crippen LogP contribution >= 0.6 is 0 Å². The van der Waals surface area contributed by atoms with Crippen molar-refractivity contribution < 1.29 is 17.9 Å².